The van der Waals surface area contributed by atoms with Gasteiger partial charge in [-0.25, -0.2) is 9.37 Å². The Hall–Kier alpha value is -3.71. The minimum atomic E-state index is -5.87. The molecular formula is C22H15ClF4N4O4S. The number of carbonyl (C=O) groups is 1. The summed E-state index contributed by atoms with van der Waals surface area (Å²) in [5.41, 5.74) is -4.21. The van der Waals surface area contributed by atoms with Crippen LogP contribution in [0.3, 0.4) is 0 Å². The standard InChI is InChI=1S/C22H15ClF4N4O4S/c23-17-11-29-19-9-18(24)13(7-16(17)19)10-30-21(32)12-4-5-28-15(6-12)8-14-2-1-3-20(31-14)35-36(33,34)22(25,26)27/h1-7,9,11,29H,8,10H2,(H,30,32). The number of H-pyrrole nitrogens is 1. The average Bonchev–Trinajstić information content (AvgIpc) is 3.16. The number of nitrogens with one attached hydrogen (secondary N) is 2. The van der Waals surface area contributed by atoms with Crippen LogP contribution in [-0.2, 0) is 23.1 Å². The van der Waals surface area contributed by atoms with Gasteiger partial charge in [-0.05, 0) is 30.3 Å². The summed E-state index contributed by atoms with van der Waals surface area (Å²) < 4.78 is 78.4. The van der Waals surface area contributed by atoms with Gasteiger partial charge in [0.15, 0.2) is 0 Å². The minimum absolute atomic E-state index is 0.0400. The van der Waals surface area contributed by atoms with Crippen molar-refractivity contribution in [3.63, 3.8) is 0 Å². The third-order valence-electron chi connectivity index (χ3n) is 4.94. The summed E-state index contributed by atoms with van der Waals surface area (Å²) >= 11 is 6.06. The number of hydrogen-bond acceptors (Lipinski definition) is 6. The molecular weight excluding hydrogens is 528 g/mol. The van der Waals surface area contributed by atoms with E-state index in [2.05, 4.69) is 24.5 Å². The first-order valence-electron chi connectivity index (χ1n) is 10.1. The molecule has 0 atom stereocenters. The average molecular weight is 543 g/mol. The highest BCUT2D eigenvalue weighted by Gasteiger charge is 2.48. The summed E-state index contributed by atoms with van der Waals surface area (Å²) in [6.45, 7) is -0.117. The molecule has 0 saturated carbocycles. The molecule has 188 valence electrons. The Labute approximate surface area is 206 Å². The Kier molecular flexibility index (Phi) is 6.87. The summed E-state index contributed by atoms with van der Waals surface area (Å²) in [4.78, 5) is 23.3. The second-order valence-corrected chi connectivity index (χ2v) is 9.42. The fourth-order valence-corrected chi connectivity index (χ4v) is 3.85. The van der Waals surface area contributed by atoms with Crippen LogP contribution in [0, 0.1) is 5.82 Å². The van der Waals surface area contributed by atoms with E-state index in [1.165, 1.54) is 48.8 Å². The quantitative estimate of drug-likeness (QED) is 0.202. The van der Waals surface area contributed by atoms with Crippen LogP contribution in [0.4, 0.5) is 17.6 Å². The number of hydrogen-bond donors (Lipinski definition) is 2. The van der Waals surface area contributed by atoms with E-state index in [1.807, 2.05) is 0 Å². The van der Waals surface area contributed by atoms with Crippen molar-refractivity contribution in [1.29, 1.82) is 0 Å². The van der Waals surface area contributed by atoms with E-state index in [0.717, 1.165) is 6.07 Å². The largest absolute Gasteiger partial charge is 0.534 e. The SMILES string of the molecule is O=C(NCc1cc2c(Cl)c[nH]c2cc1F)c1ccnc(Cc2cccc(OS(=O)(=O)C(F)(F)F)n2)c1. The van der Waals surface area contributed by atoms with Crippen LogP contribution in [0.5, 0.6) is 5.88 Å². The number of benzene rings is 1. The number of halogens is 5. The lowest BCUT2D eigenvalue weighted by molar-refractivity contribution is -0.0501. The number of alkyl halides is 3. The lowest BCUT2D eigenvalue weighted by Crippen LogP contribution is -2.28. The van der Waals surface area contributed by atoms with Gasteiger partial charge >= 0.3 is 15.6 Å². The maximum absolute atomic E-state index is 14.3. The minimum Gasteiger partial charge on any atom is -0.360 e. The molecule has 8 nitrogen and oxygen atoms in total. The van der Waals surface area contributed by atoms with E-state index in [1.54, 1.807) is 0 Å². The molecule has 0 unspecified atom stereocenters. The van der Waals surface area contributed by atoms with Gasteiger partial charge in [-0.2, -0.15) is 21.6 Å². The summed E-state index contributed by atoms with van der Waals surface area (Å²) in [5.74, 6) is -1.82. The zero-order valence-electron chi connectivity index (χ0n) is 17.9. The summed E-state index contributed by atoms with van der Waals surface area (Å²) in [6, 6.07) is 9.29. The Morgan fingerprint density at radius 1 is 1.14 bits per heavy atom. The van der Waals surface area contributed by atoms with Crippen molar-refractivity contribution in [1.82, 2.24) is 20.3 Å². The van der Waals surface area contributed by atoms with Gasteiger partial charge in [0.05, 0.1) is 10.7 Å². The van der Waals surface area contributed by atoms with Crippen LogP contribution >= 0.6 is 11.6 Å². The second kappa shape index (κ2) is 9.74. The van der Waals surface area contributed by atoms with E-state index in [-0.39, 0.29) is 29.8 Å². The van der Waals surface area contributed by atoms with Gasteiger partial charge in [-0.3, -0.25) is 9.78 Å². The molecule has 1 amide bonds. The number of rotatable bonds is 7. The van der Waals surface area contributed by atoms with E-state index < -0.39 is 33.2 Å². The van der Waals surface area contributed by atoms with E-state index in [4.69, 9.17) is 11.6 Å². The van der Waals surface area contributed by atoms with Crippen molar-refractivity contribution < 1.29 is 35.0 Å². The number of pyridine rings is 2. The number of fused-ring (bicyclic) bond motifs is 1. The Bertz CT molecular complexity index is 1560. The van der Waals surface area contributed by atoms with Crippen LogP contribution < -0.4 is 9.50 Å². The fourth-order valence-electron chi connectivity index (χ4n) is 3.23. The molecule has 3 heterocycles. The number of aromatic nitrogens is 3. The van der Waals surface area contributed by atoms with Crippen molar-refractivity contribution in [3.8, 4) is 5.88 Å². The van der Waals surface area contributed by atoms with Crippen LogP contribution in [0.2, 0.25) is 5.02 Å². The molecule has 0 fully saturated rings. The first-order valence-corrected chi connectivity index (χ1v) is 11.9. The lowest BCUT2D eigenvalue weighted by Gasteiger charge is -2.10. The number of nitrogens with zero attached hydrogens (tertiary/aromatic N) is 2. The monoisotopic (exact) mass is 542 g/mol. The van der Waals surface area contributed by atoms with Crippen molar-refractivity contribution in [3.05, 3.63) is 88.2 Å². The number of carbonyl (C=O) groups excluding carboxylic acids is 1. The molecule has 2 N–H and O–H groups in total. The highest BCUT2D eigenvalue weighted by molar-refractivity contribution is 7.87. The molecule has 0 radical (unpaired) electrons. The molecule has 36 heavy (non-hydrogen) atoms. The molecule has 1 aromatic carbocycles. The fraction of sp³-hybridized carbons (Fsp3) is 0.136. The van der Waals surface area contributed by atoms with Crippen molar-refractivity contribution in [2.45, 2.75) is 18.5 Å². The highest BCUT2D eigenvalue weighted by atomic mass is 35.5. The third kappa shape index (κ3) is 5.57. The third-order valence-corrected chi connectivity index (χ3v) is 6.21. The number of amides is 1. The Morgan fingerprint density at radius 3 is 2.67 bits per heavy atom. The molecule has 0 spiro atoms. The molecule has 4 rings (SSSR count). The number of aromatic amines is 1. The molecule has 4 aromatic rings. The van der Waals surface area contributed by atoms with E-state index in [0.29, 0.717) is 21.6 Å². The van der Waals surface area contributed by atoms with E-state index in [9.17, 15) is 30.8 Å². The summed E-state index contributed by atoms with van der Waals surface area (Å²) in [7, 11) is -5.87. The smallest absolute Gasteiger partial charge is 0.360 e. The van der Waals surface area contributed by atoms with Crippen molar-refractivity contribution in [2.24, 2.45) is 0 Å². The molecule has 0 aliphatic heterocycles. The Balaban J connectivity index is 1.45. The molecule has 0 aliphatic rings. The van der Waals surface area contributed by atoms with Gasteiger partial charge in [-0.1, -0.05) is 17.7 Å². The highest BCUT2D eigenvalue weighted by Crippen LogP contribution is 2.27. The van der Waals surface area contributed by atoms with Gasteiger partial charge in [-0.15, -0.1) is 0 Å². The predicted octanol–water partition coefficient (Wildman–Crippen LogP) is 4.50. The first kappa shape index (κ1) is 25.4. The van der Waals surface area contributed by atoms with Gasteiger partial charge < -0.3 is 14.5 Å². The van der Waals surface area contributed by atoms with Crippen LogP contribution in [-0.4, -0.2) is 34.8 Å². The normalized spacial score (nSPS) is 12.0. The van der Waals surface area contributed by atoms with Crippen LogP contribution in [0.15, 0.2) is 54.9 Å². The van der Waals surface area contributed by atoms with Gasteiger partial charge in [0.1, 0.15) is 5.82 Å². The van der Waals surface area contributed by atoms with Crippen molar-refractivity contribution in [2.75, 3.05) is 0 Å². The Morgan fingerprint density at radius 2 is 1.92 bits per heavy atom. The summed E-state index contributed by atoms with van der Waals surface area (Å²) in [6.07, 6.45) is 2.82. The lowest BCUT2D eigenvalue weighted by atomic mass is 10.1. The molecule has 0 aliphatic carbocycles. The summed E-state index contributed by atoms with van der Waals surface area (Å²) in [5, 5.41) is 3.62. The molecule has 0 saturated heterocycles. The second-order valence-electron chi connectivity index (χ2n) is 7.47. The maximum Gasteiger partial charge on any atom is 0.534 e. The van der Waals surface area contributed by atoms with Gasteiger partial charge in [0.25, 0.3) is 5.91 Å². The van der Waals surface area contributed by atoms with Crippen molar-refractivity contribution >= 4 is 38.5 Å². The first-order chi connectivity index (χ1) is 16.9. The van der Waals surface area contributed by atoms with Crippen LogP contribution in [0.1, 0.15) is 27.3 Å². The maximum atomic E-state index is 14.3. The predicted molar refractivity (Wildman–Crippen MR) is 121 cm³/mol. The van der Waals surface area contributed by atoms with Gasteiger partial charge in [0.2, 0.25) is 5.88 Å². The molecule has 0 bridgehead atoms. The molecule has 14 heteroatoms. The zero-order valence-corrected chi connectivity index (χ0v) is 19.5. The van der Waals surface area contributed by atoms with E-state index >= 15 is 0 Å². The molecule has 3 aromatic heterocycles. The van der Waals surface area contributed by atoms with Gasteiger partial charge in [0, 0.05) is 59.1 Å². The topological polar surface area (TPSA) is 114 Å². The zero-order chi connectivity index (χ0) is 26.1. The van der Waals surface area contributed by atoms with Crippen LogP contribution in [0.25, 0.3) is 10.9 Å².